The van der Waals surface area contributed by atoms with E-state index in [1.807, 2.05) is 12.1 Å². The Labute approximate surface area is 138 Å². The Balaban J connectivity index is 2.19. The molecule has 0 saturated carbocycles. The average molecular weight is 371 g/mol. The van der Waals surface area contributed by atoms with Gasteiger partial charge in [0.15, 0.2) is 0 Å². The summed E-state index contributed by atoms with van der Waals surface area (Å²) in [7, 11) is 0. The minimum absolute atomic E-state index is 0.178. The monoisotopic (exact) mass is 369 g/mol. The molecule has 0 spiro atoms. The minimum atomic E-state index is -0.373. The molecule has 0 saturated heterocycles. The molecule has 1 nitrogen and oxygen atoms in total. The molecule has 0 amide bonds. The second kappa shape index (κ2) is 7.92. The van der Waals surface area contributed by atoms with Crippen LogP contribution in [0.2, 0.25) is 5.02 Å². The molecule has 4 heteroatoms. The first-order valence-corrected chi connectivity index (χ1v) is 8.20. The summed E-state index contributed by atoms with van der Waals surface area (Å²) in [5, 5.41) is 3.71. The highest BCUT2D eigenvalue weighted by Gasteiger charge is 2.12. The lowest BCUT2D eigenvalue weighted by Crippen LogP contribution is -2.24. The van der Waals surface area contributed by atoms with Gasteiger partial charge >= 0.3 is 0 Å². The fraction of sp³-hybridized carbons (Fsp3) is 0.294. The van der Waals surface area contributed by atoms with Gasteiger partial charge in [0.05, 0.1) is 5.02 Å². The lowest BCUT2D eigenvalue weighted by molar-refractivity contribution is 0.528. The highest BCUT2D eigenvalue weighted by Crippen LogP contribution is 2.23. The molecule has 0 aromatic heterocycles. The standard InChI is InChI=1S/C17H18BrClFN/c1-2-9-21-17(13-4-6-14(18)7-5-13)11-12-3-8-16(20)15(19)10-12/h3-8,10,17,21H,2,9,11H2,1H3. The normalized spacial score (nSPS) is 12.4. The molecule has 2 aromatic rings. The number of hydrogen-bond donors (Lipinski definition) is 1. The smallest absolute Gasteiger partial charge is 0.141 e. The zero-order chi connectivity index (χ0) is 15.2. The minimum Gasteiger partial charge on any atom is -0.310 e. The maximum Gasteiger partial charge on any atom is 0.141 e. The molecule has 2 aromatic carbocycles. The Hall–Kier alpha value is -0.900. The lowest BCUT2D eigenvalue weighted by Gasteiger charge is -2.19. The van der Waals surface area contributed by atoms with Gasteiger partial charge in [0, 0.05) is 10.5 Å². The summed E-state index contributed by atoms with van der Waals surface area (Å²) in [6.07, 6.45) is 1.85. The molecule has 0 aliphatic rings. The highest BCUT2D eigenvalue weighted by molar-refractivity contribution is 9.10. The van der Waals surface area contributed by atoms with Crippen molar-refractivity contribution in [3.05, 3.63) is 68.9 Å². The topological polar surface area (TPSA) is 12.0 Å². The summed E-state index contributed by atoms with van der Waals surface area (Å²) in [6.45, 7) is 3.08. The van der Waals surface area contributed by atoms with Gasteiger partial charge in [-0.3, -0.25) is 0 Å². The second-order valence-electron chi connectivity index (χ2n) is 5.01. The molecule has 0 fully saturated rings. The molecule has 0 heterocycles. The zero-order valence-electron chi connectivity index (χ0n) is 11.9. The van der Waals surface area contributed by atoms with E-state index in [0.29, 0.717) is 0 Å². The predicted molar refractivity (Wildman–Crippen MR) is 90.3 cm³/mol. The molecular weight excluding hydrogens is 353 g/mol. The van der Waals surface area contributed by atoms with Crippen LogP contribution in [-0.4, -0.2) is 6.54 Å². The van der Waals surface area contributed by atoms with E-state index < -0.39 is 0 Å². The third kappa shape index (κ3) is 4.80. The Morgan fingerprint density at radius 1 is 1.19 bits per heavy atom. The van der Waals surface area contributed by atoms with E-state index in [1.54, 1.807) is 12.1 Å². The van der Waals surface area contributed by atoms with Crippen molar-refractivity contribution >= 4 is 27.5 Å². The highest BCUT2D eigenvalue weighted by atomic mass is 79.9. The van der Waals surface area contributed by atoms with Crippen LogP contribution in [0, 0.1) is 5.82 Å². The Morgan fingerprint density at radius 3 is 2.52 bits per heavy atom. The summed E-state index contributed by atoms with van der Waals surface area (Å²) in [4.78, 5) is 0. The summed E-state index contributed by atoms with van der Waals surface area (Å²) in [5.74, 6) is -0.373. The Kier molecular flexibility index (Phi) is 6.22. The molecule has 112 valence electrons. The van der Waals surface area contributed by atoms with Gasteiger partial charge in [-0.05, 0) is 54.8 Å². The van der Waals surface area contributed by atoms with Crippen LogP contribution in [0.5, 0.6) is 0 Å². The first-order chi connectivity index (χ1) is 10.1. The summed E-state index contributed by atoms with van der Waals surface area (Å²) < 4.78 is 14.3. The van der Waals surface area contributed by atoms with E-state index in [9.17, 15) is 4.39 Å². The van der Waals surface area contributed by atoms with Crippen LogP contribution in [0.15, 0.2) is 46.9 Å². The molecule has 0 aliphatic carbocycles. The lowest BCUT2D eigenvalue weighted by atomic mass is 9.98. The molecule has 1 atom stereocenters. The average Bonchev–Trinajstić information content (AvgIpc) is 2.48. The summed E-state index contributed by atoms with van der Waals surface area (Å²) in [5.41, 5.74) is 2.24. The van der Waals surface area contributed by atoms with Crippen molar-refractivity contribution in [2.75, 3.05) is 6.54 Å². The van der Waals surface area contributed by atoms with Crippen molar-refractivity contribution < 1.29 is 4.39 Å². The maximum atomic E-state index is 13.3. The largest absolute Gasteiger partial charge is 0.310 e. The molecule has 0 aliphatic heterocycles. The van der Waals surface area contributed by atoms with Gasteiger partial charge in [0.1, 0.15) is 5.82 Å². The molecule has 0 bridgehead atoms. The third-order valence-electron chi connectivity index (χ3n) is 3.34. The Bertz CT molecular complexity index is 586. The number of hydrogen-bond acceptors (Lipinski definition) is 1. The van der Waals surface area contributed by atoms with Crippen LogP contribution in [0.4, 0.5) is 4.39 Å². The summed E-state index contributed by atoms with van der Waals surface area (Å²) in [6, 6.07) is 13.4. The van der Waals surface area contributed by atoms with E-state index in [4.69, 9.17) is 11.6 Å². The van der Waals surface area contributed by atoms with Crippen molar-refractivity contribution in [1.29, 1.82) is 0 Å². The van der Waals surface area contributed by atoms with Crippen LogP contribution in [0.25, 0.3) is 0 Å². The number of benzene rings is 2. The van der Waals surface area contributed by atoms with E-state index in [1.165, 1.54) is 11.6 Å². The number of halogens is 3. The van der Waals surface area contributed by atoms with E-state index in [0.717, 1.165) is 29.4 Å². The predicted octanol–water partition coefficient (Wildman–Crippen LogP) is 5.53. The first kappa shape index (κ1) is 16.5. The van der Waals surface area contributed by atoms with Crippen molar-refractivity contribution in [3.8, 4) is 0 Å². The van der Waals surface area contributed by atoms with Crippen molar-refractivity contribution in [1.82, 2.24) is 5.32 Å². The zero-order valence-corrected chi connectivity index (χ0v) is 14.2. The van der Waals surface area contributed by atoms with Gasteiger partial charge in [-0.15, -0.1) is 0 Å². The maximum absolute atomic E-state index is 13.3. The van der Waals surface area contributed by atoms with Crippen LogP contribution in [-0.2, 0) is 6.42 Å². The van der Waals surface area contributed by atoms with Crippen molar-refractivity contribution in [3.63, 3.8) is 0 Å². The van der Waals surface area contributed by atoms with Gasteiger partial charge < -0.3 is 5.32 Å². The molecule has 2 rings (SSSR count). The molecule has 1 N–H and O–H groups in total. The number of rotatable bonds is 6. The van der Waals surface area contributed by atoms with Crippen LogP contribution in [0.3, 0.4) is 0 Å². The van der Waals surface area contributed by atoms with Crippen LogP contribution >= 0.6 is 27.5 Å². The van der Waals surface area contributed by atoms with Crippen LogP contribution in [0.1, 0.15) is 30.5 Å². The second-order valence-corrected chi connectivity index (χ2v) is 6.33. The third-order valence-corrected chi connectivity index (χ3v) is 4.16. The fourth-order valence-electron chi connectivity index (χ4n) is 2.22. The first-order valence-electron chi connectivity index (χ1n) is 7.03. The van der Waals surface area contributed by atoms with E-state index in [-0.39, 0.29) is 16.9 Å². The molecule has 21 heavy (non-hydrogen) atoms. The van der Waals surface area contributed by atoms with Gasteiger partial charge in [-0.1, -0.05) is 52.7 Å². The Morgan fingerprint density at radius 2 is 1.90 bits per heavy atom. The van der Waals surface area contributed by atoms with Gasteiger partial charge in [-0.2, -0.15) is 0 Å². The molecule has 1 unspecified atom stereocenters. The SMILES string of the molecule is CCCNC(Cc1ccc(F)c(Cl)c1)c1ccc(Br)cc1. The van der Waals surface area contributed by atoms with Crippen molar-refractivity contribution in [2.45, 2.75) is 25.8 Å². The quantitative estimate of drug-likeness (QED) is 0.705. The van der Waals surface area contributed by atoms with E-state index >= 15 is 0 Å². The molecule has 0 radical (unpaired) electrons. The molecular formula is C17H18BrClFN. The fourth-order valence-corrected chi connectivity index (χ4v) is 2.69. The van der Waals surface area contributed by atoms with Gasteiger partial charge in [-0.25, -0.2) is 4.39 Å². The van der Waals surface area contributed by atoms with Gasteiger partial charge in [0.2, 0.25) is 0 Å². The summed E-state index contributed by atoms with van der Waals surface area (Å²) >= 11 is 9.32. The van der Waals surface area contributed by atoms with Crippen molar-refractivity contribution in [2.24, 2.45) is 0 Å². The van der Waals surface area contributed by atoms with Crippen LogP contribution < -0.4 is 5.32 Å². The van der Waals surface area contributed by atoms with E-state index in [2.05, 4.69) is 40.3 Å². The van der Waals surface area contributed by atoms with Gasteiger partial charge in [0.25, 0.3) is 0 Å². The number of nitrogens with one attached hydrogen (secondary N) is 1.